The molecule has 1 aromatic heterocycles. The van der Waals surface area contributed by atoms with E-state index in [0.29, 0.717) is 11.1 Å². The third-order valence-corrected chi connectivity index (χ3v) is 8.60. The molecule has 0 atom stereocenters. The fraction of sp³-hybridized carbons (Fsp3) is 0.176. The molecule has 212 valence electrons. The van der Waals surface area contributed by atoms with Gasteiger partial charge in [0, 0.05) is 62.2 Å². The van der Waals surface area contributed by atoms with Gasteiger partial charge in [-0.1, -0.05) is 51.4 Å². The highest BCUT2D eigenvalue weighted by Crippen LogP contribution is 2.32. The lowest BCUT2D eigenvalue weighted by Crippen LogP contribution is -2.20. The summed E-state index contributed by atoms with van der Waals surface area (Å²) in [6.45, 7) is 6.04. The van der Waals surface area contributed by atoms with Crippen molar-refractivity contribution >= 4 is 72.7 Å². The minimum atomic E-state index is -0.590. The van der Waals surface area contributed by atoms with Crippen molar-refractivity contribution < 1.29 is 19.2 Å². The van der Waals surface area contributed by atoms with Crippen LogP contribution in [0.3, 0.4) is 0 Å². The third kappa shape index (κ3) is 6.40. The Labute approximate surface area is 256 Å². The predicted octanol–water partition coefficient (Wildman–Crippen LogP) is 7.94. The molecule has 6 nitrogen and oxygen atoms in total. The SMILES string of the molecule is CCn1c2ccc(CC(=NOC(C)=O)C(=O)CSc3ccc(Br)cc3)cc2c2cc(C(=O)c3ccccc3C)ccc21. The molecule has 4 aromatic carbocycles. The molecule has 0 fully saturated rings. The summed E-state index contributed by atoms with van der Waals surface area (Å²) in [6.07, 6.45) is 0.198. The molecule has 0 bridgehead atoms. The standard InChI is InChI=1S/C34H29BrN2O4S/c1-4-37-31-15-9-23(18-30(36-41-22(3)38)33(39)20-42-26-13-11-25(35)12-14-26)17-28(31)29-19-24(10-16-32(29)37)34(40)27-8-6-5-7-21(27)2/h5-17,19H,4,18,20H2,1-3H3. The summed E-state index contributed by atoms with van der Waals surface area (Å²) in [5.41, 5.74) is 5.32. The van der Waals surface area contributed by atoms with Gasteiger partial charge in [0.25, 0.3) is 0 Å². The van der Waals surface area contributed by atoms with Crippen molar-refractivity contribution in [1.82, 2.24) is 4.57 Å². The summed E-state index contributed by atoms with van der Waals surface area (Å²) < 4.78 is 3.17. The number of rotatable bonds is 10. The fourth-order valence-corrected chi connectivity index (χ4v) is 6.04. The summed E-state index contributed by atoms with van der Waals surface area (Å²) in [5, 5.41) is 5.88. The number of thioether (sulfide) groups is 1. The maximum atomic E-state index is 13.4. The molecule has 0 unspecified atom stereocenters. The van der Waals surface area contributed by atoms with Crippen molar-refractivity contribution in [2.45, 2.75) is 38.6 Å². The number of carbonyl (C=O) groups excluding carboxylic acids is 3. The number of hydrogen-bond donors (Lipinski definition) is 0. The van der Waals surface area contributed by atoms with Gasteiger partial charge in [-0.3, -0.25) is 9.59 Å². The first-order valence-corrected chi connectivity index (χ1v) is 15.3. The van der Waals surface area contributed by atoms with Crippen molar-refractivity contribution in [2.75, 3.05) is 5.75 Å². The molecule has 42 heavy (non-hydrogen) atoms. The van der Waals surface area contributed by atoms with E-state index in [2.05, 4.69) is 32.6 Å². The Kier molecular flexibility index (Phi) is 9.04. The number of fused-ring (bicyclic) bond motifs is 3. The Hall–Kier alpha value is -4.01. The number of halogens is 1. The zero-order valence-corrected chi connectivity index (χ0v) is 25.9. The van der Waals surface area contributed by atoms with Crippen molar-refractivity contribution in [2.24, 2.45) is 5.16 Å². The molecule has 0 amide bonds. The van der Waals surface area contributed by atoms with E-state index in [-0.39, 0.29) is 29.5 Å². The van der Waals surface area contributed by atoms with Crippen LogP contribution in [0.15, 0.2) is 99.5 Å². The van der Waals surface area contributed by atoms with Gasteiger partial charge in [-0.2, -0.15) is 0 Å². The molecule has 0 aliphatic heterocycles. The van der Waals surface area contributed by atoms with Gasteiger partial charge in [0.1, 0.15) is 5.71 Å². The molecule has 0 N–H and O–H groups in total. The van der Waals surface area contributed by atoms with Crippen LogP contribution >= 0.6 is 27.7 Å². The smallest absolute Gasteiger partial charge is 0.331 e. The zero-order chi connectivity index (χ0) is 29.8. The first kappa shape index (κ1) is 29.5. The Balaban J connectivity index is 1.49. The number of nitrogens with zero attached hydrogens (tertiary/aromatic N) is 2. The maximum absolute atomic E-state index is 13.4. The summed E-state index contributed by atoms with van der Waals surface area (Å²) in [4.78, 5) is 44.0. The molecule has 8 heteroatoms. The van der Waals surface area contributed by atoms with E-state index in [0.717, 1.165) is 48.8 Å². The fourth-order valence-electron chi connectivity index (χ4n) is 4.98. The van der Waals surface area contributed by atoms with Gasteiger partial charge in [-0.05, 0) is 79.6 Å². The van der Waals surface area contributed by atoms with Crippen LogP contribution in [0.5, 0.6) is 0 Å². The van der Waals surface area contributed by atoms with Gasteiger partial charge >= 0.3 is 5.97 Å². The van der Waals surface area contributed by atoms with Crippen LogP contribution in [0, 0.1) is 6.92 Å². The summed E-state index contributed by atoms with van der Waals surface area (Å²) in [7, 11) is 0. The maximum Gasteiger partial charge on any atom is 0.331 e. The number of oxime groups is 1. The van der Waals surface area contributed by atoms with E-state index in [1.807, 2.05) is 91.9 Å². The van der Waals surface area contributed by atoms with Crippen LogP contribution in [0.2, 0.25) is 0 Å². The topological polar surface area (TPSA) is 77.7 Å². The van der Waals surface area contributed by atoms with E-state index in [1.54, 1.807) is 0 Å². The number of carbonyl (C=O) groups is 3. The van der Waals surface area contributed by atoms with Crippen molar-refractivity contribution in [3.63, 3.8) is 0 Å². The minimum Gasteiger partial charge on any atom is -0.341 e. The minimum absolute atomic E-state index is 0.0202. The van der Waals surface area contributed by atoms with Crippen LogP contribution in [-0.4, -0.2) is 33.6 Å². The van der Waals surface area contributed by atoms with E-state index in [9.17, 15) is 14.4 Å². The first-order chi connectivity index (χ1) is 20.2. The highest BCUT2D eigenvalue weighted by atomic mass is 79.9. The lowest BCUT2D eigenvalue weighted by atomic mass is 9.97. The quantitative estimate of drug-likeness (QED) is 0.0509. The molecular formula is C34H29BrN2O4S. The Morgan fingerprint density at radius 2 is 1.60 bits per heavy atom. The summed E-state index contributed by atoms with van der Waals surface area (Å²) in [5.74, 6) is -0.670. The highest BCUT2D eigenvalue weighted by Gasteiger charge is 2.18. The molecule has 0 saturated heterocycles. The van der Waals surface area contributed by atoms with Crippen LogP contribution in [-0.2, 0) is 27.4 Å². The van der Waals surface area contributed by atoms with Gasteiger partial charge in [0.05, 0.1) is 5.75 Å². The number of ketones is 2. The summed E-state index contributed by atoms with van der Waals surface area (Å²) >= 11 is 4.82. The zero-order valence-electron chi connectivity index (χ0n) is 23.5. The van der Waals surface area contributed by atoms with Crippen molar-refractivity contribution in [3.05, 3.63) is 112 Å². The second-order valence-corrected chi connectivity index (χ2v) is 11.9. The number of hydrogen-bond acceptors (Lipinski definition) is 6. The molecule has 0 aliphatic carbocycles. The average molecular weight is 642 g/mol. The third-order valence-electron chi connectivity index (χ3n) is 7.06. The Morgan fingerprint density at radius 1 is 0.905 bits per heavy atom. The number of aryl methyl sites for hydroxylation is 2. The monoisotopic (exact) mass is 640 g/mol. The Morgan fingerprint density at radius 3 is 2.29 bits per heavy atom. The molecule has 0 spiro atoms. The number of benzene rings is 4. The average Bonchev–Trinajstić information content (AvgIpc) is 3.30. The molecule has 5 aromatic rings. The van der Waals surface area contributed by atoms with Crippen LogP contribution in [0.25, 0.3) is 21.8 Å². The number of Topliss-reactive ketones (excluding diaryl/α,β-unsaturated/α-hetero) is 1. The first-order valence-electron chi connectivity index (χ1n) is 13.6. The molecule has 0 aliphatic rings. The van der Waals surface area contributed by atoms with Crippen LogP contribution < -0.4 is 0 Å². The summed E-state index contributed by atoms with van der Waals surface area (Å²) in [6, 6.07) is 27.2. The second-order valence-electron chi connectivity index (χ2n) is 9.94. The van der Waals surface area contributed by atoms with Gasteiger partial charge in [0.15, 0.2) is 11.6 Å². The number of aromatic nitrogens is 1. The lowest BCUT2D eigenvalue weighted by molar-refractivity contribution is -0.140. The predicted molar refractivity (Wildman–Crippen MR) is 173 cm³/mol. The van der Waals surface area contributed by atoms with E-state index < -0.39 is 5.97 Å². The molecule has 1 heterocycles. The lowest BCUT2D eigenvalue weighted by Gasteiger charge is -2.07. The van der Waals surface area contributed by atoms with Crippen molar-refractivity contribution in [1.29, 1.82) is 0 Å². The van der Waals surface area contributed by atoms with Crippen LogP contribution in [0.1, 0.15) is 40.9 Å². The Bertz CT molecular complexity index is 1860. The van der Waals surface area contributed by atoms with Crippen molar-refractivity contribution in [3.8, 4) is 0 Å². The van der Waals surface area contributed by atoms with Gasteiger partial charge < -0.3 is 9.40 Å². The van der Waals surface area contributed by atoms with Gasteiger partial charge in [0.2, 0.25) is 0 Å². The van der Waals surface area contributed by atoms with E-state index in [1.165, 1.54) is 18.7 Å². The largest absolute Gasteiger partial charge is 0.341 e. The van der Waals surface area contributed by atoms with Gasteiger partial charge in [-0.25, -0.2) is 4.79 Å². The second kappa shape index (κ2) is 12.9. The van der Waals surface area contributed by atoms with Gasteiger partial charge in [-0.15, -0.1) is 11.8 Å². The molecule has 5 rings (SSSR count). The molecule has 0 saturated carbocycles. The molecule has 0 radical (unpaired) electrons. The van der Waals surface area contributed by atoms with E-state index in [4.69, 9.17) is 4.84 Å². The van der Waals surface area contributed by atoms with Crippen LogP contribution in [0.4, 0.5) is 0 Å². The van der Waals surface area contributed by atoms with E-state index >= 15 is 0 Å². The normalized spacial score (nSPS) is 11.7. The molecular weight excluding hydrogens is 612 g/mol. The highest BCUT2D eigenvalue weighted by molar-refractivity contribution is 9.10.